The highest BCUT2D eigenvalue weighted by molar-refractivity contribution is 5.81. The van der Waals surface area contributed by atoms with E-state index in [1.807, 2.05) is 0 Å². The lowest BCUT2D eigenvalue weighted by Gasteiger charge is -2.16. The SMILES string of the molecule is Cn1ncc2c(=O)n(CCC(=O)N3CC[C@H](C(N)=O)C3)cnc21. The molecule has 2 aromatic heterocycles. The highest BCUT2D eigenvalue weighted by atomic mass is 16.2. The molecule has 1 aliphatic rings. The minimum Gasteiger partial charge on any atom is -0.369 e. The van der Waals surface area contributed by atoms with Crippen molar-refractivity contribution in [2.45, 2.75) is 19.4 Å². The van der Waals surface area contributed by atoms with E-state index in [1.54, 1.807) is 11.9 Å². The van der Waals surface area contributed by atoms with Crippen LogP contribution in [0.25, 0.3) is 11.0 Å². The van der Waals surface area contributed by atoms with Gasteiger partial charge in [0.15, 0.2) is 5.65 Å². The average Bonchev–Trinajstić information content (AvgIpc) is 3.14. The topological polar surface area (TPSA) is 116 Å². The maximum atomic E-state index is 12.3. The Balaban J connectivity index is 1.67. The molecule has 1 saturated heterocycles. The van der Waals surface area contributed by atoms with Crippen LogP contribution >= 0.6 is 0 Å². The second-order valence-corrected chi connectivity index (χ2v) is 5.73. The second kappa shape index (κ2) is 5.82. The Morgan fingerprint density at radius 2 is 2.22 bits per heavy atom. The number of aryl methyl sites for hydroxylation is 2. The van der Waals surface area contributed by atoms with Crippen LogP contribution < -0.4 is 11.3 Å². The first kappa shape index (κ1) is 15.2. The summed E-state index contributed by atoms with van der Waals surface area (Å²) in [6.07, 6.45) is 3.68. The fourth-order valence-corrected chi connectivity index (χ4v) is 2.82. The van der Waals surface area contributed by atoms with Gasteiger partial charge in [-0.15, -0.1) is 0 Å². The zero-order valence-electron chi connectivity index (χ0n) is 12.8. The van der Waals surface area contributed by atoms with E-state index in [9.17, 15) is 14.4 Å². The number of fused-ring (bicyclic) bond motifs is 1. The van der Waals surface area contributed by atoms with Crippen molar-refractivity contribution in [3.05, 3.63) is 22.9 Å². The first-order valence-electron chi connectivity index (χ1n) is 7.41. The van der Waals surface area contributed by atoms with Crippen molar-refractivity contribution in [2.24, 2.45) is 18.7 Å². The molecular formula is C14H18N6O3. The number of hydrogen-bond acceptors (Lipinski definition) is 5. The number of aromatic nitrogens is 4. The monoisotopic (exact) mass is 318 g/mol. The van der Waals surface area contributed by atoms with E-state index in [0.29, 0.717) is 30.5 Å². The number of amides is 2. The highest BCUT2D eigenvalue weighted by Gasteiger charge is 2.29. The van der Waals surface area contributed by atoms with Gasteiger partial charge in [0, 0.05) is 33.1 Å². The standard InChI is InChI=1S/C14H18N6O3/c1-18-13-10(6-17-18)14(23)20(8-16-13)5-3-11(21)19-4-2-9(7-19)12(15)22/h6,8-9H,2-5,7H2,1H3,(H2,15,22)/t9-/m0/s1. The molecule has 1 atom stereocenters. The van der Waals surface area contributed by atoms with Crippen molar-refractivity contribution < 1.29 is 9.59 Å². The molecule has 2 N–H and O–H groups in total. The zero-order chi connectivity index (χ0) is 16.6. The highest BCUT2D eigenvalue weighted by Crippen LogP contribution is 2.16. The second-order valence-electron chi connectivity index (χ2n) is 5.73. The molecule has 2 amide bonds. The lowest BCUT2D eigenvalue weighted by molar-refractivity contribution is -0.130. The van der Waals surface area contributed by atoms with E-state index in [1.165, 1.54) is 21.8 Å². The largest absolute Gasteiger partial charge is 0.369 e. The van der Waals surface area contributed by atoms with Crippen LogP contribution in [0.3, 0.4) is 0 Å². The predicted octanol–water partition coefficient (Wildman–Crippen LogP) is -1.15. The van der Waals surface area contributed by atoms with Crippen LogP contribution in [-0.2, 0) is 23.2 Å². The van der Waals surface area contributed by atoms with E-state index >= 15 is 0 Å². The molecule has 23 heavy (non-hydrogen) atoms. The molecule has 2 aromatic rings. The fourth-order valence-electron chi connectivity index (χ4n) is 2.82. The van der Waals surface area contributed by atoms with Crippen molar-refractivity contribution >= 4 is 22.8 Å². The first-order valence-corrected chi connectivity index (χ1v) is 7.41. The van der Waals surface area contributed by atoms with Crippen molar-refractivity contribution in [1.29, 1.82) is 0 Å². The van der Waals surface area contributed by atoms with Crippen LogP contribution in [0, 0.1) is 5.92 Å². The summed E-state index contributed by atoms with van der Waals surface area (Å²) >= 11 is 0. The normalized spacial score (nSPS) is 17.8. The van der Waals surface area contributed by atoms with Gasteiger partial charge in [-0.3, -0.25) is 23.6 Å². The fraction of sp³-hybridized carbons (Fsp3) is 0.500. The molecule has 122 valence electrons. The number of rotatable bonds is 4. The molecule has 0 unspecified atom stereocenters. The Hall–Kier alpha value is -2.71. The molecule has 1 fully saturated rings. The number of hydrogen-bond donors (Lipinski definition) is 1. The third kappa shape index (κ3) is 2.81. The van der Waals surface area contributed by atoms with E-state index in [0.717, 1.165) is 0 Å². The summed E-state index contributed by atoms with van der Waals surface area (Å²) in [4.78, 5) is 41.4. The Bertz CT molecular complexity index is 824. The van der Waals surface area contributed by atoms with Gasteiger partial charge in [0.05, 0.1) is 18.4 Å². The number of carbonyl (C=O) groups excluding carboxylic acids is 2. The van der Waals surface area contributed by atoms with Crippen LogP contribution in [0.5, 0.6) is 0 Å². The van der Waals surface area contributed by atoms with Crippen LogP contribution in [0.1, 0.15) is 12.8 Å². The van der Waals surface area contributed by atoms with Crippen molar-refractivity contribution in [3.63, 3.8) is 0 Å². The van der Waals surface area contributed by atoms with Gasteiger partial charge in [-0.1, -0.05) is 0 Å². The van der Waals surface area contributed by atoms with Gasteiger partial charge in [0.25, 0.3) is 5.56 Å². The Morgan fingerprint density at radius 3 is 2.91 bits per heavy atom. The zero-order valence-corrected chi connectivity index (χ0v) is 12.8. The Labute approximate surface area is 131 Å². The van der Waals surface area contributed by atoms with Crippen LogP contribution in [0.15, 0.2) is 17.3 Å². The third-order valence-corrected chi connectivity index (χ3v) is 4.23. The summed E-state index contributed by atoms with van der Waals surface area (Å²) < 4.78 is 2.93. The molecule has 0 radical (unpaired) electrons. The Kier molecular flexibility index (Phi) is 3.85. The van der Waals surface area contributed by atoms with Gasteiger partial charge in [0.2, 0.25) is 11.8 Å². The van der Waals surface area contributed by atoms with Crippen molar-refractivity contribution in [3.8, 4) is 0 Å². The number of nitrogens with zero attached hydrogens (tertiary/aromatic N) is 5. The molecule has 3 rings (SSSR count). The van der Waals surface area contributed by atoms with E-state index in [4.69, 9.17) is 5.73 Å². The quantitative estimate of drug-likeness (QED) is 0.764. The number of primary amides is 1. The molecule has 9 nitrogen and oxygen atoms in total. The Morgan fingerprint density at radius 1 is 1.43 bits per heavy atom. The van der Waals surface area contributed by atoms with Gasteiger partial charge in [0.1, 0.15) is 5.39 Å². The van der Waals surface area contributed by atoms with E-state index in [-0.39, 0.29) is 36.3 Å². The molecule has 3 heterocycles. The van der Waals surface area contributed by atoms with Crippen molar-refractivity contribution in [1.82, 2.24) is 24.2 Å². The van der Waals surface area contributed by atoms with Gasteiger partial charge >= 0.3 is 0 Å². The van der Waals surface area contributed by atoms with Crippen molar-refractivity contribution in [2.75, 3.05) is 13.1 Å². The summed E-state index contributed by atoms with van der Waals surface area (Å²) in [6, 6.07) is 0. The molecule has 0 aromatic carbocycles. The predicted molar refractivity (Wildman–Crippen MR) is 81.3 cm³/mol. The first-order chi connectivity index (χ1) is 11.0. The summed E-state index contributed by atoms with van der Waals surface area (Å²) in [7, 11) is 1.71. The van der Waals surface area contributed by atoms with Gasteiger partial charge in [-0.25, -0.2) is 4.98 Å². The summed E-state index contributed by atoms with van der Waals surface area (Å²) in [5, 5.41) is 4.43. The lowest BCUT2D eigenvalue weighted by atomic mass is 10.1. The van der Waals surface area contributed by atoms with Crippen LogP contribution in [-0.4, -0.2) is 49.1 Å². The lowest BCUT2D eigenvalue weighted by Crippen LogP contribution is -2.33. The third-order valence-electron chi connectivity index (χ3n) is 4.23. The van der Waals surface area contributed by atoms with Crippen LogP contribution in [0.2, 0.25) is 0 Å². The van der Waals surface area contributed by atoms with Gasteiger partial charge in [-0.2, -0.15) is 5.10 Å². The van der Waals surface area contributed by atoms with Gasteiger partial charge < -0.3 is 10.6 Å². The number of nitrogens with two attached hydrogens (primary N) is 1. The van der Waals surface area contributed by atoms with Crippen LogP contribution in [0.4, 0.5) is 0 Å². The number of likely N-dealkylation sites (tertiary alicyclic amines) is 1. The molecule has 9 heteroatoms. The summed E-state index contributed by atoms with van der Waals surface area (Å²) in [5.41, 5.74) is 5.56. The summed E-state index contributed by atoms with van der Waals surface area (Å²) in [5.74, 6) is -0.732. The molecule has 0 bridgehead atoms. The average molecular weight is 318 g/mol. The molecule has 0 spiro atoms. The molecule has 0 saturated carbocycles. The molecule has 1 aliphatic heterocycles. The van der Waals surface area contributed by atoms with E-state index in [2.05, 4.69) is 10.1 Å². The van der Waals surface area contributed by atoms with E-state index < -0.39 is 0 Å². The minimum atomic E-state index is -0.372. The maximum Gasteiger partial charge on any atom is 0.264 e. The van der Waals surface area contributed by atoms with Gasteiger partial charge in [-0.05, 0) is 6.42 Å². The number of carbonyl (C=O) groups is 2. The molecule has 0 aliphatic carbocycles. The molecular weight excluding hydrogens is 300 g/mol. The summed E-state index contributed by atoms with van der Waals surface area (Å²) in [6.45, 7) is 1.14. The smallest absolute Gasteiger partial charge is 0.264 e. The minimum absolute atomic E-state index is 0.0908. The maximum absolute atomic E-state index is 12.3.